The first-order chi connectivity index (χ1) is 14.0. The number of benzene rings is 1. The summed E-state index contributed by atoms with van der Waals surface area (Å²) in [7, 11) is 0. The fraction of sp³-hybridized carbons (Fsp3) is 0.300. The number of pyridine rings is 1. The molecule has 4 rings (SSSR count). The fourth-order valence-electron chi connectivity index (χ4n) is 3.34. The normalized spacial score (nSPS) is 14.9. The molecule has 0 amide bonds. The van der Waals surface area contributed by atoms with Crippen molar-refractivity contribution in [2.45, 2.75) is 25.5 Å². The van der Waals surface area contributed by atoms with Gasteiger partial charge in [0.15, 0.2) is 11.6 Å². The third kappa shape index (κ3) is 4.32. The van der Waals surface area contributed by atoms with Crippen LogP contribution in [0.15, 0.2) is 36.8 Å². The van der Waals surface area contributed by atoms with E-state index in [2.05, 4.69) is 15.4 Å². The van der Waals surface area contributed by atoms with Gasteiger partial charge in [0.05, 0.1) is 17.3 Å². The summed E-state index contributed by atoms with van der Waals surface area (Å²) in [6.07, 6.45) is 7.58. The number of nitrogens with two attached hydrogens (primary N) is 1. The minimum Gasteiger partial charge on any atom is -0.485 e. The number of ether oxygens (including phenoxy) is 1. The largest absolute Gasteiger partial charge is 0.485 e. The Morgan fingerprint density at radius 2 is 2.00 bits per heavy atom. The molecule has 1 saturated heterocycles. The molecule has 6 nitrogen and oxygen atoms in total. The van der Waals surface area contributed by atoms with E-state index in [1.54, 1.807) is 18.5 Å². The summed E-state index contributed by atoms with van der Waals surface area (Å²) in [4.78, 5) is 4.22. The van der Waals surface area contributed by atoms with Crippen molar-refractivity contribution in [1.82, 2.24) is 20.1 Å². The molecule has 0 unspecified atom stereocenters. The van der Waals surface area contributed by atoms with Gasteiger partial charge in [0.2, 0.25) is 0 Å². The first kappa shape index (κ1) is 19.9. The van der Waals surface area contributed by atoms with Gasteiger partial charge in [-0.3, -0.25) is 4.68 Å². The van der Waals surface area contributed by atoms with E-state index in [0.29, 0.717) is 22.4 Å². The maximum absolute atomic E-state index is 13.7. The summed E-state index contributed by atoms with van der Waals surface area (Å²) in [6.45, 7) is 1.96. The predicted molar refractivity (Wildman–Crippen MR) is 112 cm³/mol. The third-order valence-electron chi connectivity index (χ3n) is 5.01. The molecule has 1 aromatic carbocycles. The molecule has 29 heavy (non-hydrogen) atoms. The number of aromatic nitrogens is 3. The fourth-order valence-corrected chi connectivity index (χ4v) is 3.82. The maximum atomic E-state index is 13.7. The van der Waals surface area contributed by atoms with Crippen molar-refractivity contribution in [2.75, 3.05) is 18.8 Å². The van der Waals surface area contributed by atoms with E-state index >= 15 is 0 Å². The molecule has 3 heterocycles. The van der Waals surface area contributed by atoms with Crippen LogP contribution >= 0.6 is 23.2 Å². The molecule has 3 N–H and O–H groups in total. The maximum Gasteiger partial charge on any atom is 0.166 e. The van der Waals surface area contributed by atoms with Gasteiger partial charge in [-0.15, -0.1) is 0 Å². The van der Waals surface area contributed by atoms with Crippen molar-refractivity contribution in [3.63, 3.8) is 0 Å². The number of piperidine rings is 1. The van der Waals surface area contributed by atoms with Crippen molar-refractivity contribution in [3.05, 3.63) is 58.2 Å². The number of rotatable bonds is 5. The Morgan fingerprint density at radius 1 is 1.21 bits per heavy atom. The summed E-state index contributed by atoms with van der Waals surface area (Å²) < 4.78 is 21.5. The molecule has 9 heteroatoms. The zero-order valence-electron chi connectivity index (χ0n) is 15.5. The van der Waals surface area contributed by atoms with Gasteiger partial charge in [-0.25, -0.2) is 9.37 Å². The number of anilines is 1. The predicted octanol–water partition coefficient (Wildman–Crippen LogP) is 4.48. The lowest BCUT2D eigenvalue weighted by Gasteiger charge is -2.22. The lowest BCUT2D eigenvalue weighted by molar-refractivity contribution is 0.306. The molecule has 1 aliphatic rings. The van der Waals surface area contributed by atoms with Gasteiger partial charge in [0.1, 0.15) is 12.4 Å². The molecule has 1 aliphatic heterocycles. The molecule has 0 spiro atoms. The second-order valence-electron chi connectivity index (χ2n) is 6.91. The van der Waals surface area contributed by atoms with Crippen molar-refractivity contribution in [1.29, 1.82) is 0 Å². The van der Waals surface area contributed by atoms with Gasteiger partial charge in [-0.2, -0.15) is 5.10 Å². The monoisotopic (exact) mass is 435 g/mol. The molecular formula is C20H20Cl2FN5O. The average molecular weight is 436 g/mol. The van der Waals surface area contributed by atoms with Crippen LogP contribution < -0.4 is 15.8 Å². The molecule has 0 bridgehead atoms. The highest BCUT2D eigenvalue weighted by molar-refractivity contribution is 6.36. The highest BCUT2D eigenvalue weighted by Gasteiger charge is 2.17. The first-order valence-corrected chi connectivity index (χ1v) is 10.0. The van der Waals surface area contributed by atoms with Crippen molar-refractivity contribution < 1.29 is 9.13 Å². The Bertz CT molecular complexity index is 1020. The van der Waals surface area contributed by atoms with Crippen LogP contribution in [0, 0.1) is 5.82 Å². The summed E-state index contributed by atoms with van der Waals surface area (Å²) in [5.41, 5.74) is 8.06. The second-order valence-corrected chi connectivity index (χ2v) is 7.69. The Morgan fingerprint density at radius 3 is 2.79 bits per heavy atom. The number of hydrogen-bond donors (Lipinski definition) is 2. The van der Waals surface area contributed by atoms with Crippen molar-refractivity contribution >= 4 is 29.0 Å². The van der Waals surface area contributed by atoms with E-state index in [1.165, 1.54) is 12.1 Å². The summed E-state index contributed by atoms with van der Waals surface area (Å²) >= 11 is 12.1. The third-order valence-corrected chi connectivity index (χ3v) is 5.77. The number of nitrogens with zero attached hydrogens (tertiary/aromatic N) is 3. The number of nitrogens with one attached hydrogen (secondary N) is 1. The van der Waals surface area contributed by atoms with E-state index in [1.807, 2.05) is 10.9 Å². The molecule has 2 aromatic heterocycles. The smallest absolute Gasteiger partial charge is 0.166 e. The number of hydrogen-bond acceptors (Lipinski definition) is 5. The van der Waals surface area contributed by atoms with Crippen LogP contribution in [0.4, 0.5) is 10.2 Å². The van der Waals surface area contributed by atoms with Crippen LogP contribution in [0.1, 0.15) is 24.4 Å². The number of nitrogen functional groups attached to an aromatic ring is 1. The Balaban J connectivity index is 1.54. The quantitative estimate of drug-likeness (QED) is 0.577. The summed E-state index contributed by atoms with van der Waals surface area (Å²) in [6, 6.07) is 4.83. The van der Waals surface area contributed by atoms with Crippen LogP contribution in [0.3, 0.4) is 0 Å². The molecule has 0 atom stereocenters. The van der Waals surface area contributed by atoms with Crippen LogP contribution in [0.2, 0.25) is 10.0 Å². The van der Waals surface area contributed by atoms with Gasteiger partial charge >= 0.3 is 0 Å². The standard InChI is InChI=1S/C20H20Cl2FN5O/c21-16-1-2-17(23)19(22)15(16)11-29-18-7-12(8-26-20(18)24)13-9-27-28(10-13)14-3-5-25-6-4-14/h1-2,7-10,14,25H,3-6,11H2,(H2,24,26). The average Bonchev–Trinajstić information content (AvgIpc) is 3.23. The summed E-state index contributed by atoms with van der Waals surface area (Å²) in [5, 5.41) is 8.11. The van der Waals surface area contributed by atoms with Gasteiger partial charge in [-0.05, 0) is 44.1 Å². The lowest BCUT2D eigenvalue weighted by Crippen LogP contribution is -2.29. The Kier molecular flexibility index (Phi) is 5.89. The SMILES string of the molecule is Nc1ncc(-c2cnn(C3CCNCC3)c2)cc1OCc1c(Cl)ccc(F)c1Cl. The van der Waals surface area contributed by atoms with Crippen LogP contribution in [0.25, 0.3) is 11.1 Å². The van der Waals surface area contributed by atoms with E-state index in [0.717, 1.165) is 37.1 Å². The molecule has 152 valence electrons. The minimum absolute atomic E-state index is 0.0287. The summed E-state index contributed by atoms with van der Waals surface area (Å²) in [5.74, 6) is 0.0384. The molecule has 3 aromatic rings. The van der Waals surface area contributed by atoms with Gasteiger partial charge in [0.25, 0.3) is 0 Å². The molecule has 1 fully saturated rings. The van der Waals surface area contributed by atoms with Crippen LogP contribution in [-0.2, 0) is 6.61 Å². The van der Waals surface area contributed by atoms with E-state index in [9.17, 15) is 4.39 Å². The minimum atomic E-state index is -0.556. The molecule has 0 aliphatic carbocycles. The van der Waals surface area contributed by atoms with Crippen molar-refractivity contribution in [2.24, 2.45) is 0 Å². The topological polar surface area (TPSA) is 78.0 Å². The van der Waals surface area contributed by atoms with Gasteiger partial charge in [0, 0.05) is 34.1 Å². The van der Waals surface area contributed by atoms with E-state index in [4.69, 9.17) is 33.7 Å². The highest BCUT2D eigenvalue weighted by Crippen LogP contribution is 2.32. The van der Waals surface area contributed by atoms with Gasteiger partial charge in [-0.1, -0.05) is 23.2 Å². The molecule has 0 saturated carbocycles. The van der Waals surface area contributed by atoms with E-state index < -0.39 is 5.82 Å². The van der Waals surface area contributed by atoms with E-state index in [-0.39, 0.29) is 17.4 Å². The molecular weight excluding hydrogens is 416 g/mol. The van der Waals surface area contributed by atoms with Crippen LogP contribution in [0.5, 0.6) is 5.75 Å². The van der Waals surface area contributed by atoms with Crippen LogP contribution in [-0.4, -0.2) is 27.9 Å². The van der Waals surface area contributed by atoms with Crippen molar-refractivity contribution in [3.8, 4) is 16.9 Å². The second kappa shape index (κ2) is 8.57. The lowest BCUT2D eigenvalue weighted by atomic mass is 10.1. The Labute approximate surface area is 177 Å². The Hall–Kier alpha value is -2.35. The zero-order chi connectivity index (χ0) is 20.4. The highest BCUT2D eigenvalue weighted by atomic mass is 35.5. The first-order valence-electron chi connectivity index (χ1n) is 9.29. The number of halogens is 3. The van der Waals surface area contributed by atoms with Gasteiger partial charge < -0.3 is 15.8 Å². The molecule has 0 radical (unpaired) electrons. The zero-order valence-corrected chi connectivity index (χ0v) is 17.0.